The van der Waals surface area contributed by atoms with Gasteiger partial charge in [-0.3, -0.25) is 4.79 Å². The molecule has 0 spiro atoms. The Kier molecular flexibility index (Phi) is 10.0. The van der Waals surface area contributed by atoms with Crippen LogP contribution in [0.4, 0.5) is 0 Å². The molecule has 0 aliphatic carbocycles. The minimum atomic E-state index is -2.06. The van der Waals surface area contributed by atoms with Crippen LogP contribution < -0.4 is 4.74 Å². The Bertz CT molecular complexity index is 808. The Balaban J connectivity index is 2.20. The predicted molar refractivity (Wildman–Crippen MR) is 142 cm³/mol. The van der Waals surface area contributed by atoms with Crippen LogP contribution in [0.25, 0.3) is 0 Å². The molecule has 2 rings (SSSR count). The second-order valence-corrected chi connectivity index (χ2v) is 17.2. The highest BCUT2D eigenvalue weighted by Gasteiger charge is 2.43. The van der Waals surface area contributed by atoms with Crippen molar-refractivity contribution >= 4 is 14.3 Å². The normalized spacial score (nSPS) is 23.5. The lowest BCUT2D eigenvalue weighted by atomic mass is 9.87. The van der Waals surface area contributed by atoms with Crippen molar-refractivity contribution in [2.45, 2.75) is 98.4 Å². The van der Waals surface area contributed by atoms with E-state index in [-0.39, 0.29) is 35.1 Å². The highest BCUT2D eigenvalue weighted by molar-refractivity contribution is 6.74. The topological polar surface area (TPSA) is 63.2 Å². The molecule has 0 N–H and O–H groups in total. The third-order valence-corrected chi connectivity index (χ3v) is 11.8. The van der Waals surface area contributed by atoms with Crippen molar-refractivity contribution in [1.82, 2.24) is 0 Å². The summed E-state index contributed by atoms with van der Waals surface area (Å²) in [5, 5.41) is 0.0703. The molecule has 35 heavy (non-hydrogen) atoms. The molecule has 6 nitrogen and oxygen atoms in total. The molecule has 1 heterocycles. The molecule has 1 aliphatic rings. The summed E-state index contributed by atoms with van der Waals surface area (Å²) in [6, 6.07) is 7.81. The van der Waals surface area contributed by atoms with Gasteiger partial charge in [-0.25, -0.2) is 0 Å². The standard InChI is InChI=1S/C28H48O6Si/c1-19-18-32-25(21-12-14-22(30-9)15-13-21)33-24(19)20(2)23(34-35(10,11)28(6,7)8)16-17-31-26(29)27(3,4)5/h12-15,19-20,23-25H,16-18H2,1-11H3/t19-,20-,23-,24+,25+/m0/s1. The van der Waals surface area contributed by atoms with Gasteiger partial charge in [0.05, 0.1) is 37.9 Å². The summed E-state index contributed by atoms with van der Waals surface area (Å²) in [7, 11) is -0.407. The molecule has 0 amide bonds. The van der Waals surface area contributed by atoms with Crippen LogP contribution in [0.15, 0.2) is 24.3 Å². The van der Waals surface area contributed by atoms with Crippen molar-refractivity contribution in [1.29, 1.82) is 0 Å². The molecule has 7 heteroatoms. The molecule has 0 unspecified atom stereocenters. The summed E-state index contributed by atoms with van der Waals surface area (Å²) in [6.07, 6.45) is 0.0577. The second-order valence-electron chi connectivity index (χ2n) is 12.5. The van der Waals surface area contributed by atoms with Gasteiger partial charge in [0.2, 0.25) is 0 Å². The van der Waals surface area contributed by atoms with Gasteiger partial charge in [0.25, 0.3) is 0 Å². The maximum Gasteiger partial charge on any atom is 0.311 e. The smallest absolute Gasteiger partial charge is 0.311 e. The van der Waals surface area contributed by atoms with Gasteiger partial charge < -0.3 is 23.4 Å². The van der Waals surface area contributed by atoms with Crippen LogP contribution in [0, 0.1) is 17.3 Å². The van der Waals surface area contributed by atoms with Gasteiger partial charge in [0.1, 0.15) is 5.75 Å². The van der Waals surface area contributed by atoms with Crippen LogP contribution in [-0.4, -0.2) is 46.8 Å². The Morgan fingerprint density at radius 1 is 1.11 bits per heavy atom. The zero-order valence-electron chi connectivity index (χ0n) is 23.8. The van der Waals surface area contributed by atoms with E-state index in [0.29, 0.717) is 19.6 Å². The van der Waals surface area contributed by atoms with Crippen molar-refractivity contribution in [2.75, 3.05) is 20.3 Å². The maximum atomic E-state index is 12.4. The molecular formula is C28H48O6Si. The maximum absolute atomic E-state index is 12.4. The fourth-order valence-electron chi connectivity index (χ4n) is 3.91. The number of carbonyl (C=O) groups is 1. The SMILES string of the molecule is COc1ccc([C@@H]2OC[C@H](C)[C@H]([C@@H](C)[C@H](CCOC(=O)C(C)(C)C)O[Si](C)(C)C(C)(C)C)O2)cc1. The van der Waals surface area contributed by atoms with Crippen LogP contribution in [0.2, 0.25) is 18.1 Å². The van der Waals surface area contributed by atoms with Gasteiger partial charge in [0, 0.05) is 23.8 Å². The van der Waals surface area contributed by atoms with E-state index in [1.54, 1.807) is 7.11 Å². The number of rotatable bonds is 9. The molecule has 200 valence electrons. The van der Waals surface area contributed by atoms with E-state index in [2.05, 4.69) is 47.7 Å². The van der Waals surface area contributed by atoms with Gasteiger partial charge in [0.15, 0.2) is 14.6 Å². The molecule has 0 radical (unpaired) electrons. The molecule has 0 bridgehead atoms. The molecule has 0 saturated carbocycles. The second kappa shape index (κ2) is 11.8. The van der Waals surface area contributed by atoms with Crippen molar-refractivity contribution in [3.05, 3.63) is 29.8 Å². The van der Waals surface area contributed by atoms with Crippen molar-refractivity contribution in [3.8, 4) is 5.75 Å². The van der Waals surface area contributed by atoms with E-state index >= 15 is 0 Å². The Hall–Kier alpha value is -1.41. The predicted octanol–water partition coefficient (Wildman–Crippen LogP) is 6.75. The van der Waals surface area contributed by atoms with Crippen LogP contribution in [0.1, 0.15) is 73.7 Å². The fraction of sp³-hybridized carbons (Fsp3) is 0.750. The van der Waals surface area contributed by atoms with Gasteiger partial charge in [-0.1, -0.05) is 46.8 Å². The van der Waals surface area contributed by atoms with Crippen LogP contribution >= 0.6 is 0 Å². The summed E-state index contributed by atoms with van der Waals surface area (Å²) >= 11 is 0. The molecule has 1 saturated heterocycles. The fourth-order valence-corrected chi connectivity index (χ4v) is 5.35. The third kappa shape index (κ3) is 8.04. The monoisotopic (exact) mass is 508 g/mol. The number of ether oxygens (including phenoxy) is 4. The summed E-state index contributed by atoms with van der Waals surface area (Å²) in [5.41, 5.74) is 0.446. The van der Waals surface area contributed by atoms with E-state index in [1.165, 1.54) is 0 Å². The van der Waals surface area contributed by atoms with E-state index in [0.717, 1.165) is 11.3 Å². The molecule has 1 fully saturated rings. The minimum Gasteiger partial charge on any atom is -0.497 e. The van der Waals surface area contributed by atoms with E-state index < -0.39 is 20.0 Å². The Labute approximate surface area is 214 Å². The largest absolute Gasteiger partial charge is 0.497 e. The van der Waals surface area contributed by atoms with E-state index in [9.17, 15) is 4.79 Å². The lowest BCUT2D eigenvalue weighted by molar-refractivity contribution is -0.255. The first-order valence-corrected chi connectivity index (χ1v) is 15.7. The van der Waals surface area contributed by atoms with Gasteiger partial charge in [-0.05, 0) is 51.0 Å². The lowest BCUT2D eigenvalue weighted by Crippen LogP contribution is -2.50. The first-order valence-electron chi connectivity index (χ1n) is 12.8. The summed E-state index contributed by atoms with van der Waals surface area (Å²) < 4.78 is 30.4. The highest BCUT2D eigenvalue weighted by atomic mass is 28.4. The van der Waals surface area contributed by atoms with Gasteiger partial charge in [-0.2, -0.15) is 0 Å². The zero-order chi connectivity index (χ0) is 26.6. The zero-order valence-corrected chi connectivity index (χ0v) is 24.8. The van der Waals surface area contributed by atoms with Crippen LogP contribution in [0.5, 0.6) is 5.75 Å². The number of benzene rings is 1. The Morgan fingerprint density at radius 3 is 2.23 bits per heavy atom. The number of hydrogen-bond acceptors (Lipinski definition) is 6. The van der Waals surface area contributed by atoms with Gasteiger partial charge in [-0.15, -0.1) is 0 Å². The molecule has 1 aromatic rings. The molecule has 1 aromatic carbocycles. The first-order chi connectivity index (χ1) is 16.1. The average Bonchev–Trinajstić information content (AvgIpc) is 2.76. The van der Waals surface area contributed by atoms with E-state index in [4.69, 9.17) is 23.4 Å². The van der Waals surface area contributed by atoms with Crippen molar-refractivity contribution < 1.29 is 28.2 Å². The van der Waals surface area contributed by atoms with Crippen LogP contribution in [0.3, 0.4) is 0 Å². The average molecular weight is 509 g/mol. The molecular weight excluding hydrogens is 460 g/mol. The number of esters is 1. The minimum absolute atomic E-state index is 0.0519. The number of hydrogen-bond donors (Lipinski definition) is 0. The third-order valence-electron chi connectivity index (χ3n) is 7.34. The lowest BCUT2D eigenvalue weighted by Gasteiger charge is -2.45. The number of carbonyl (C=O) groups excluding carboxylic acids is 1. The summed E-state index contributed by atoms with van der Waals surface area (Å²) in [4.78, 5) is 12.4. The summed E-state index contributed by atoms with van der Waals surface area (Å²) in [5.74, 6) is 0.918. The van der Waals surface area contributed by atoms with Gasteiger partial charge >= 0.3 is 5.97 Å². The molecule has 5 atom stereocenters. The molecule has 1 aliphatic heterocycles. The first kappa shape index (κ1) is 29.8. The highest BCUT2D eigenvalue weighted by Crippen LogP contribution is 2.41. The number of methoxy groups -OCH3 is 1. The van der Waals surface area contributed by atoms with Crippen molar-refractivity contribution in [3.63, 3.8) is 0 Å². The Morgan fingerprint density at radius 2 is 1.71 bits per heavy atom. The quantitative estimate of drug-likeness (QED) is 0.271. The van der Waals surface area contributed by atoms with E-state index in [1.807, 2.05) is 45.0 Å². The summed E-state index contributed by atoms with van der Waals surface area (Å²) in [6.45, 7) is 22.2. The van der Waals surface area contributed by atoms with Crippen LogP contribution in [-0.2, 0) is 23.4 Å². The molecule has 0 aromatic heterocycles. The van der Waals surface area contributed by atoms with Crippen molar-refractivity contribution in [2.24, 2.45) is 17.3 Å².